The molecule has 23 heteroatoms. The van der Waals surface area contributed by atoms with Gasteiger partial charge in [0, 0.05) is 64.6 Å². The lowest BCUT2D eigenvalue weighted by Gasteiger charge is -2.39. The fourth-order valence-corrected chi connectivity index (χ4v) is 5.86. The van der Waals surface area contributed by atoms with Gasteiger partial charge in [0.2, 0.25) is 0 Å². The highest BCUT2D eigenvalue weighted by atomic mass is 19.4. The summed E-state index contributed by atoms with van der Waals surface area (Å²) in [4.78, 5) is 30.1. The van der Waals surface area contributed by atoms with Crippen molar-refractivity contribution in [1.82, 2.24) is 0 Å². The van der Waals surface area contributed by atoms with Crippen LogP contribution in [0, 0.1) is 16.7 Å². The smallest absolute Gasteiger partial charge is 0.422 e. The molecule has 0 aromatic rings. The number of halogens is 3. The van der Waals surface area contributed by atoms with Gasteiger partial charge in [0.1, 0.15) is 17.3 Å². The van der Waals surface area contributed by atoms with Gasteiger partial charge in [-0.05, 0) is 80.1 Å². The van der Waals surface area contributed by atoms with Gasteiger partial charge < -0.3 is 80.5 Å². The lowest BCUT2D eigenvalue weighted by atomic mass is 9.84. The first-order chi connectivity index (χ1) is 38.4. The Hall–Kier alpha value is -3.98. The van der Waals surface area contributed by atoms with E-state index in [4.69, 9.17) is 56.8 Å². The molecule has 8 aliphatic rings. The van der Waals surface area contributed by atoms with E-state index in [1.54, 1.807) is 63.0 Å². The summed E-state index contributed by atoms with van der Waals surface area (Å²) in [7, 11) is 15.3. The second-order valence-electron chi connectivity index (χ2n) is 20.5. The van der Waals surface area contributed by atoms with Gasteiger partial charge in [-0.1, -0.05) is 46.2 Å². The van der Waals surface area contributed by atoms with E-state index in [0.29, 0.717) is 46.9 Å². The Labute approximate surface area is 489 Å². The lowest BCUT2D eigenvalue weighted by molar-refractivity contribution is -0.148. The zero-order valence-corrected chi connectivity index (χ0v) is 53.2. The molecule has 82 heavy (non-hydrogen) atoms. The van der Waals surface area contributed by atoms with Crippen LogP contribution >= 0.6 is 0 Å². The van der Waals surface area contributed by atoms with Gasteiger partial charge >= 0.3 is 24.1 Å². The van der Waals surface area contributed by atoms with Crippen molar-refractivity contribution in [3.63, 3.8) is 0 Å². The number of carbonyl (C=O) groups is 3. The third-order valence-electron chi connectivity index (χ3n) is 11.8. The number of alkyl halides is 3. The molecule has 0 bridgehead atoms. The second kappa shape index (κ2) is 48.3. The van der Waals surface area contributed by atoms with Crippen LogP contribution in [-0.2, 0) is 94.9 Å². The van der Waals surface area contributed by atoms with Crippen LogP contribution in [0.5, 0.6) is 0 Å². The van der Waals surface area contributed by atoms with Crippen molar-refractivity contribution in [1.29, 1.82) is 0 Å². The summed E-state index contributed by atoms with van der Waals surface area (Å²) in [5.41, 5.74) is -0.0735. The molecule has 1 aliphatic carbocycles. The first-order valence-corrected chi connectivity index (χ1v) is 26.8. The molecule has 20 nitrogen and oxygen atoms in total. The van der Waals surface area contributed by atoms with Crippen LogP contribution in [0.2, 0.25) is 0 Å². The van der Waals surface area contributed by atoms with Crippen LogP contribution in [0.3, 0.4) is 0 Å². The fraction of sp³-hybridized carbons (Fsp3) is 0.780. The Morgan fingerprint density at radius 3 is 1.30 bits per heavy atom. The summed E-state index contributed by atoms with van der Waals surface area (Å²) in [6.45, 7) is 40.8. The van der Waals surface area contributed by atoms with Crippen LogP contribution in [0.25, 0.3) is 0 Å². The average Bonchev–Trinajstić information content (AvgIpc) is 4.12. The average molecular weight is 1190 g/mol. The highest BCUT2D eigenvalue weighted by Gasteiger charge is 2.44. The molecular weight excluding hydrogens is 1090 g/mol. The topological polar surface area (TPSA) is 225 Å². The minimum atomic E-state index is -4.69. The summed E-state index contributed by atoms with van der Waals surface area (Å²) in [5, 5.41) is 0. The molecular formula is C59H107F3O20. The molecule has 7 aliphatic heterocycles. The normalized spacial score (nSPS) is 24.1. The maximum Gasteiger partial charge on any atom is 0.422 e. The van der Waals surface area contributed by atoms with Gasteiger partial charge in [0.05, 0.1) is 151 Å². The molecule has 7 atom stereocenters. The van der Waals surface area contributed by atoms with Gasteiger partial charge in [-0.3, -0.25) is 0 Å². The van der Waals surface area contributed by atoms with Gasteiger partial charge in [-0.25, -0.2) is 14.4 Å². The number of allylic oxidation sites excluding steroid dienone is 1. The van der Waals surface area contributed by atoms with Crippen molar-refractivity contribution in [2.75, 3.05) is 150 Å². The molecule has 484 valence electrons. The predicted molar refractivity (Wildman–Crippen MR) is 307 cm³/mol. The maximum atomic E-state index is 11.5. The molecule has 0 radical (unpaired) electrons. The third kappa shape index (κ3) is 49.4. The molecule has 0 aromatic carbocycles. The van der Waals surface area contributed by atoms with Gasteiger partial charge in [-0.2, -0.15) is 13.2 Å². The molecule has 0 spiro atoms. The van der Waals surface area contributed by atoms with Crippen molar-refractivity contribution in [2.45, 2.75) is 136 Å². The highest BCUT2D eigenvalue weighted by molar-refractivity contribution is 5.89. The fourth-order valence-electron chi connectivity index (χ4n) is 5.86. The monoisotopic (exact) mass is 1190 g/mol. The van der Waals surface area contributed by atoms with E-state index in [-0.39, 0.29) is 17.2 Å². The van der Waals surface area contributed by atoms with Crippen LogP contribution in [0.4, 0.5) is 13.2 Å². The zero-order chi connectivity index (χ0) is 64.0. The number of carbonyl (C=O) groups excluding carboxylic acids is 3. The first-order valence-electron chi connectivity index (χ1n) is 26.8. The Morgan fingerprint density at radius 1 is 0.683 bits per heavy atom. The van der Waals surface area contributed by atoms with E-state index in [2.05, 4.69) is 91.5 Å². The molecule has 7 unspecified atom stereocenters. The van der Waals surface area contributed by atoms with Crippen LogP contribution < -0.4 is 0 Å². The number of hydrogen-bond acceptors (Lipinski definition) is 20. The third-order valence-corrected chi connectivity index (χ3v) is 11.8. The van der Waals surface area contributed by atoms with Gasteiger partial charge in [-0.15, -0.1) is 0 Å². The maximum absolute atomic E-state index is 11.5. The van der Waals surface area contributed by atoms with E-state index >= 15 is 0 Å². The van der Waals surface area contributed by atoms with Crippen molar-refractivity contribution in [3.05, 3.63) is 62.1 Å². The number of rotatable bonds is 16. The quantitative estimate of drug-likeness (QED) is 0.0461. The summed E-state index contributed by atoms with van der Waals surface area (Å²) in [5.74, 6) is -1.42. The molecule has 8 rings (SSSR count). The number of ether oxygens (including phenoxy) is 17. The van der Waals surface area contributed by atoms with Crippen LogP contribution in [0.1, 0.15) is 88.0 Å². The molecule has 0 amide bonds. The highest BCUT2D eigenvalue weighted by Crippen LogP contribution is 2.39. The van der Waals surface area contributed by atoms with E-state index in [1.165, 1.54) is 46.2 Å². The molecule has 7 saturated heterocycles. The summed E-state index contributed by atoms with van der Waals surface area (Å²) < 4.78 is 115. The molecule has 0 aromatic heterocycles. The Bertz CT molecular complexity index is 1700. The molecule has 7 heterocycles. The Kier molecular flexibility index (Phi) is 49.7. The van der Waals surface area contributed by atoms with Crippen molar-refractivity contribution in [2.24, 2.45) is 16.7 Å². The largest absolute Gasteiger partial charge is 0.505 e. The van der Waals surface area contributed by atoms with E-state index < -0.39 is 23.7 Å². The number of esters is 3. The minimum Gasteiger partial charge on any atom is -0.505 e. The van der Waals surface area contributed by atoms with Crippen LogP contribution in [-0.4, -0.2) is 216 Å². The summed E-state index contributed by atoms with van der Waals surface area (Å²) in [6.07, 6.45) is 8.97. The van der Waals surface area contributed by atoms with Gasteiger partial charge in [0.15, 0.2) is 0 Å². The van der Waals surface area contributed by atoms with Crippen molar-refractivity contribution >= 4 is 17.9 Å². The Balaban J connectivity index is -0.000000409. The number of methoxy groups -OCH3 is 10. The van der Waals surface area contributed by atoms with Gasteiger partial charge in [0.25, 0.3) is 0 Å². The molecule has 0 N–H and O–H groups in total. The lowest BCUT2D eigenvalue weighted by Crippen LogP contribution is -2.45. The first kappa shape index (κ1) is 84.5. The molecule has 1 saturated carbocycles. The predicted octanol–water partition coefficient (Wildman–Crippen LogP) is 9.27. The summed E-state index contributed by atoms with van der Waals surface area (Å²) >= 11 is 0. The number of hydrogen-bond donors (Lipinski definition) is 0. The molecule has 8 fully saturated rings. The Morgan fingerprint density at radius 2 is 1.16 bits per heavy atom. The zero-order valence-electron chi connectivity index (χ0n) is 53.2. The minimum absolute atomic E-state index is 0.0781. The standard InChI is InChI=1S/C8H14O2.C7H14O2.C6H12O2.C5H5F3O2.C5H10O2.C5H8O2.C5H10O.C4H8O2.C4H6O2.C4H8O.2C3H6O/c1-9-5-6-2-3-7-8(4-6)10-7;1-3-7(4-8-2)5-9-6-7;1-6(3-7-2)4-8-5-6;1-3(4(9)10-2)5(6,7)8;1-5(3-6-2)4-7-5;1-4(2)5(6)7-3;1-4-5(2,3)6-4;1-5-2-4-3-6-4;1-3-4(5)6-2;1-3-4-5-2;1-3-2-4-3;1-3-4-2/h6-8H,2-5H2,1H3;3-6H2,1-2H3;3-5H2,1-2H3;1H2,2H3;3-4H2,1-2H3;1H2,2-3H3;4H,1-3H3;4H,2-3H2,1H3;3H,1H2,2H3;3-4H,1-2H3;3H,2H2,1H3;3H,1H2,2H3/b;;;;;;;;;4-3+;;. The van der Waals surface area contributed by atoms with E-state index in [1.807, 2.05) is 19.9 Å². The number of epoxide rings is 5. The number of fused-ring (bicyclic) bond motifs is 1. The van der Waals surface area contributed by atoms with E-state index in [9.17, 15) is 27.6 Å². The SMILES string of the molecule is C/C=C/OC.C=C(C(=O)OC)C(F)(F)F.C=C(C)C(=O)OC.C=CC(=O)OC.C=COC.CC1CO1.CC1OC1(C)C.CCC1(COC)COC1.COCC1(C)CO1.COCC1(C)COC1.COCC1CCC2OC2C1.COCC1CO1. The van der Waals surface area contributed by atoms with Crippen molar-refractivity contribution < 1.29 is 108 Å². The summed E-state index contributed by atoms with van der Waals surface area (Å²) in [6, 6.07) is 0. The van der Waals surface area contributed by atoms with E-state index in [0.717, 1.165) is 98.4 Å². The van der Waals surface area contributed by atoms with Crippen LogP contribution in [0.15, 0.2) is 62.1 Å². The van der Waals surface area contributed by atoms with Crippen molar-refractivity contribution in [3.8, 4) is 0 Å². The second-order valence-corrected chi connectivity index (χ2v) is 20.5.